The number of hydrogen-bond donors (Lipinski definition) is 2. The highest BCUT2D eigenvalue weighted by Gasteiger charge is 2.40. The highest BCUT2D eigenvalue weighted by atomic mass is 35.5. The Balaban J connectivity index is 0.998. The monoisotopic (exact) mass is 624 g/mol. The van der Waals surface area contributed by atoms with E-state index in [1.54, 1.807) is 7.11 Å². The van der Waals surface area contributed by atoms with Gasteiger partial charge in [-0.15, -0.1) is 0 Å². The van der Waals surface area contributed by atoms with Crippen molar-refractivity contribution in [2.75, 3.05) is 38.6 Å². The summed E-state index contributed by atoms with van der Waals surface area (Å²) < 4.78 is 12.0. The molecule has 2 aliphatic carbocycles. The van der Waals surface area contributed by atoms with Gasteiger partial charge in [0.25, 0.3) is 0 Å². The van der Waals surface area contributed by atoms with Gasteiger partial charge in [-0.3, -0.25) is 4.98 Å². The number of pyridine rings is 1. The largest absolute Gasteiger partial charge is 0.496 e. The second-order valence-electron chi connectivity index (χ2n) is 12.6. The van der Waals surface area contributed by atoms with Crippen LogP contribution in [0, 0.1) is 0 Å². The molecule has 0 spiro atoms. The number of halogens is 1. The standard InChI is InChI=1S/C37H41ClN4O3/c1-22-33-32(44-3)21-28-25(11-8-12-29(28)38)35(33)34(23(2)40-22)37(43)45-24-15-18-42(19-16-24)20-17-39-36-26-9-4-6-13-30(26)41-31-14-7-5-10-27(31)36/h4,6,8-9,11-13,21,24,35,40H,5,7,10,14-20H2,1-3H3,(H,39,41). The first-order valence-corrected chi connectivity index (χ1v) is 16.6. The van der Waals surface area contributed by atoms with Crippen LogP contribution in [0.2, 0.25) is 5.02 Å². The molecule has 234 valence electrons. The Labute approximate surface area is 270 Å². The van der Waals surface area contributed by atoms with Gasteiger partial charge in [-0.05, 0) is 81.7 Å². The second kappa shape index (κ2) is 12.5. The van der Waals surface area contributed by atoms with Crippen LogP contribution in [0.1, 0.15) is 67.8 Å². The van der Waals surface area contributed by atoms with Crippen molar-refractivity contribution in [2.45, 2.75) is 64.4 Å². The maximum absolute atomic E-state index is 13.9. The lowest BCUT2D eigenvalue weighted by atomic mass is 9.74. The maximum Gasteiger partial charge on any atom is 0.337 e. The van der Waals surface area contributed by atoms with E-state index in [4.69, 9.17) is 26.1 Å². The number of rotatable bonds is 7. The topological polar surface area (TPSA) is 75.7 Å². The lowest BCUT2D eigenvalue weighted by molar-refractivity contribution is -0.146. The van der Waals surface area contributed by atoms with Crippen LogP contribution in [0.3, 0.4) is 0 Å². The number of carbonyl (C=O) groups is 1. The number of aromatic nitrogens is 1. The Morgan fingerprint density at radius 3 is 2.69 bits per heavy atom. The summed E-state index contributed by atoms with van der Waals surface area (Å²) in [4.78, 5) is 21.3. The fourth-order valence-electron chi connectivity index (χ4n) is 7.62. The van der Waals surface area contributed by atoms with E-state index in [-0.39, 0.29) is 18.0 Å². The van der Waals surface area contributed by atoms with Gasteiger partial charge >= 0.3 is 5.97 Å². The van der Waals surface area contributed by atoms with E-state index in [9.17, 15) is 4.79 Å². The highest BCUT2D eigenvalue weighted by Crippen LogP contribution is 2.48. The number of aryl methyl sites for hydroxylation is 1. The number of fused-ring (bicyclic) bond motifs is 5. The van der Waals surface area contributed by atoms with Gasteiger partial charge in [0.05, 0.1) is 18.2 Å². The zero-order chi connectivity index (χ0) is 31.1. The van der Waals surface area contributed by atoms with E-state index >= 15 is 0 Å². The SMILES string of the molecule is COC1=Cc2c(Cl)cccc2C2C(C(=O)OC3CCN(CCNc4c5c(nc6ccccc46)CCCC5)CC3)=C(C)NC(C)=C12. The molecule has 1 atom stereocenters. The molecule has 2 N–H and O–H groups in total. The molecule has 0 bridgehead atoms. The molecule has 7 rings (SSSR count). The van der Waals surface area contributed by atoms with Crippen molar-refractivity contribution in [3.8, 4) is 0 Å². The second-order valence-corrected chi connectivity index (χ2v) is 13.0. The summed E-state index contributed by atoms with van der Waals surface area (Å²) in [5, 5.41) is 9.07. The number of para-hydroxylation sites is 1. The predicted molar refractivity (Wildman–Crippen MR) is 180 cm³/mol. The zero-order valence-electron chi connectivity index (χ0n) is 26.3. The number of methoxy groups -OCH3 is 1. The molecule has 3 heterocycles. The van der Waals surface area contributed by atoms with Gasteiger partial charge in [-0.1, -0.05) is 41.9 Å². The first kappa shape index (κ1) is 29.9. The van der Waals surface area contributed by atoms with Crippen LogP contribution in [-0.2, 0) is 27.1 Å². The van der Waals surface area contributed by atoms with Gasteiger partial charge in [-0.25, -0.2) is 4.79 Å². The third-order valence-electron chi connectivity index (χ3n) is 9.85. The fourth-order valence-corrected chi connectivity index (χ4v) is 7.85. The summed E-state index contributed by atoms with van der Waals surface area (Å²) in [6.45, 7) is 7.58. The molecule has 1 unspecified atom stereocenters. The zero-order valence-corrected chi connectivity index (χ0v) is 27.1. The van der Waals surface area contributed by atoms with Gasteiger partial charge in [0.1, 0.15) is 11.9 Å². The van der Waals surface area contributed by atoms with Gasteiger partial charge in [0.2, 0.25) is 0 Å². The van der Waals surface area contributed by atoms with Crippen LogP contribution in [0.4, 0.5) is 5.69 Å². The van der Waals surface area contributed by atoms with Crippen LogP contribution in [0.5, 0.6) is 0 Å². The number of likely N-dealkylation sites (tertiary alicyclic amines) is 1. The van der Waals surface area contributed by atoms with E-state index in [0.717, 1.165) is 85.5 Å². The van der Waals surface area contributed by atoms with Crippen molar-refractivity contribution >= 4 is 40.2 Å². The lowest BCUT2D eigenvalue weighted by Gasteiger charge is -2.37. The minimum Gasteiger partial charge on any atom is -0.496 e. The van der Waals surface area contributed by atoms with Crippen molar-refractivity contribution in [1.82, 2.24) is 15.2 Å². The van der Waals surface area contributed by atoms with Crippen molar-refractivity contribution < 1.29 is 14.3 Å². The average Bonchev–Trinajstić information content (AvgIpc) is 3.05. The Kier molecular flexibility index (Phi) is 8.32. The number of esters is 1. The van der Waals surface area contributed by atoms with Gasteiger partial charge < -0.3 is 25.0 Å². The minimum atomic E-state index is -0.298. The maximum atomic E-state index is 13.9. The number of piperidine rings is 1. The summed E-state index contributed by atoms with van der Waals surface area (Å²) in [5.74, 6) is 0.145. The Hall–Kier alpha value is -3.81. The molecule has 8 heteroatoms. The predicted octanol–water partition coefficient (Wildman–Crippen LogP) is 7.12. The summed E-state index contributed by atoms with van der Waals surface area (Å²) >= 11 is 6.62. The number of carbonyl (C=O) groups excluding carboxylic acids is 1. The number of nitrogens with one attached hydrogen (secondary N) is 2. The molecule has 2 aliphatic heterocycles. The molecule has 0 radical (unpaired) electrons. The molecular formula is C37H41ClN4O3. The fraction of sp³-hybridized carbons (Fsp3) is 0.405. The van der Waals surface area contributed by atoms with Gasteiger partial charge in [0.15, 0.2) is 0 Å². The summed E-state index contributed by atoms with van der Waals surface area (Å²) in [6, 6.07) is 14.3. The number of ether oxygens (including phenoxy) is 2. The number of anilines is 1. The van der Waals surface area contributed by atoms with E-state index in [1.807, 2.05) is 38.1 Å². The molecule has 7 nitrogen and oxygen atoms in total. The molecule has 0 amide bonds. The van der Waals surface area contributed by atoms with Gasteiger partial charge in [-0.2, -0.15) is 0 Å². The summed E-state index contributed by atoms with van der Waals surface area (Å²) in [6.07, 6.45) is 8.09. The van der Waals surface area contributed by atoms with Crippen LogP contribution in [-0.4, -0.2) is 55.2 Å². The Bertz CT molecular complexity index is 1750. The van der Waals surface area contributed by atoms with E-state index in [1.165, 1.54) is 35.2 Å². The highest BCUT2D eigenvalue weighted by molar-refractivity contribution is 6.32. The average molecular weight is 625 g/mol. The third kappa shape index (κ3) is 5.61. The lowest BCUT2D eigenvalue weighted by Crippen LogP contribution is -2.41. The van der Waals surface area contributed by atoms with E-state index in [2.05, 4.69) is 39.8 Å². The Morgan fingerprint density at radius 1 is 1.07 bits per heavy atom. The van der Waals surface area contributed by atoms with Crippen LogP contribution >= 0.6 is 11.6 Å². The molecule has 0 saturated carbocycles. The van der Waals surface area contributed by atoms with Crippen LogP contribution < -0.4 is 10.6 Å². The molecule has 1 saturated heterocycles. The summed E-state index contributed by atoms with van der Waals surface area (Å²) in [5.41, 5.74) is 10.2. The van der Waals surface area contributed by atoms with Gasteiger partial charge in [0, 0.05) is 76.4 Å². The third-order valence-corrected chi connectivity index (χ3v) is 10.2. The first-order valence-electron chi connectivity index (χ1n) is 16.2. The quantitative estimate of drug-likeness (QED) is 0.271. The molecule has 1 fully saturated rings. The number of dihydropyridines is 1. The van der Waals surface area contributed by atoms with Crippen molar-refractivity contribution in [3.63, 3.8) is 0 Å². The van der Waals surface area contributed by atoms with Crippen molar-refractivity contribution in [1.29, 1.82) is 0 Å². The number of hydrogen-bond acceptors (Lipinski definition) is 7. The molecular weight excluding hydrogens is 584 g/mol. The molecule has 2 aromatic carbocycles. The Morgan fingerprint density at radius 2 is 1.87 bits per heavy atom. The van der Waals surface area contributed by atoms with E-state index in [0.29, 0.717) is 16.4 Å². The molecule has 4 aliphatic rings. The van der Waals surface area contributed by atoms with E-state index < -0.39 is 0 Å². The first-order chi connectivity index (χ1) is 21.9. The smallest absolute Gasteiger partial charge is 0.337 e. The minimum absolute atomic E-state index is 0.117. The van der Waals surface area contributed by atoms with Crippen molar-refractivity contribution in [3.05, 3.63) is 98.2 Å². The molecule has 45 heavy (non-hydrogen) atoms. The summed E-state index contributed by atoms with van der Waals surface area (Å²) in [7, 11) is 1.66. The molecule has 1 aromatic heterocycles. The molecule has 3 aromatic rings. The van der Waals surface area contributed by atoms with Crippen LogP contribution in [0.25, 0.3) is 17.0 Å². The normalized spacial score (nSPS) is 20.2. The number of nitrogens with zero attached hydrogens (tertiary/aromatic N) is 2. The number of allylic oxidation sites excluding steroid dienone is 3. The number of benzene rings is 2. The van der Waals surface area contributed by atoms with Crippen LogP contribution in [0.15, 0.2) is 70.8 Å². The van der Waals surface area contributed by atoms with Crippen molar-refractivity contribution in [2.24, 2.45) is 0 Å².